The molecule has 0 spiro atoms. The molecule has 1 amide bonds. The minimum absolute atomic E-state index is 0.0836. The Morgan fingerprint density at radius 1 is 1.14 bits per heavy atom. The van der Waals surface area contributed by atoms with Crippen LogP contribution in [0.3, 0.4) is 0 Å². The molecule has 1 heterocycles. The van der Waals surface area contributed by atoms with Gasteiger partial charge in [-0.2, -0.15) is 5.10 Å². The summed E-state index contributed by atoms with van der Waals surface area (Å²) in [5.41, 5.74) is 2.19. The smallest absolute Gasteiger partial charge is 0.239 e. The molecule has 1 saturated carbocycles. The predicted octanol–water partition coefficient (Wildman–Crippen LogP) is 3.70. The zero-order valence-electron chi connectivity index (χ0n) is 11.6. The average molecular weight is 322 g/mol. The summed E-state index contributed by atoms with van der Waals surface area (Å²) in [6, 6.07) is 7.53. The van der Waals surface area contributed by atoms with Crippen molar-refractivity contribution >= 4 is 40.1 Å². The van der Waals surface area contributed by atoms with Crippen LogP contribution >= 0.6 is 23.4 Å². The van der Waals surface area contributed by atoms with Crippen LogP contribution in [-0.2, 0) is 11.3 Å². The highest BCUT2D eigenvalue weighted by atomic mass is 35.5. The molecule has 0 aromatic heterocycles. The van der Waals surface area contributed by atoms with E-state index in [0.29, 0.717) is 22.5 Å². The molecular weight excluding hydrogens is 306 g/mol. The van der Waals surface area contributed by atoms with E-state index in [1.807, 2.05) is 24.3 Å². The fourth-order valence-corrected chi connectivity index (χ4v) is 3.35. The van der Waals surface area contributed by atoms with Gasteiger partial charge in [0.15, 0.2) is 5.17 Å². The molecule has 1 aromatic carbocycles. The van der Waals surface area contributed by atoms with Gasteiger partial charge in [-0.25, -0.2) is 0 Å². The second-order valence-electron chi connectivity index (χ2n) is 5.15. The summed E-state index contributed by atoms with van der Waals surface area (Å²) in [5, 5.41) is 10.0. The molecule has 21 heavy (non-hydrogen) atoms. The van der Waals surface area contributed by atoms with Gasteiger partial charge in [-0.15, -0.1) is 5.10 Å². The highest BCUT2D eigenvalue weighted by Crippen LogP contribution is 2.23. The largest absolute Gasteiger partial charge is 0.285 e. The number of carbonyl (C=O) groups excluding carboxylic acids is 1. The van der Waals surface area contributed by atoms with E-state index in [9.17, 15) is 4.79 Å². The molecule has 1 aliphatic carbocycles. The molecule has 4 nitrogen and oxygen atoms in total. The number of carbonyl (C=O) groups is 1. The molecule has 6 heteroatoms. The van der Waals surface area contributed by atoms with E-state index in [-0.39, 0.29) is 5.91 Å². The predicted molar refractivity (Wildman–Crippen MR) is 87.8 cm³/mol. The van der Waals surface area contributed by atoms with Crippen molar-refractivity contribution in [2.45, 2.75) is 32.2 Å². The van der Waals surface area contributed by atoms with Gasteiger partial charge in [0.2, 0.25) is 5.91 Å². The first-order valence-electron chi connectivity index (χ1n) is 7.03. The molecule has 1 aromatic rings. The van der Waals surface area contributed by atoms with Crippen molar-refractivity contribution in [3.8, 4) is 0 Å². The van der Waals surface area contributed by atoms with Gasteiger partial charge in [-0.1, -0.05) is 35.5 Å². The van der Waals surface area contributed by atoms with Crippen molar-refractivity contribution in [1.82, 2.24) is 4.90 Å². The number of hydrogen-bond acceptors (Lipinski definition) is 4. The van der Waals surface area contributed by atoms with Gasteiger partial charge in [-0.05, 0) is 43.4 Å². The van der Waals surface area contributed by atoms with Crippen LogP contribution in [0, 0.1) is 0 Å². The van der Waals surface area contributed by atoms with Crippen LogP contribution in [0.2, 0.25) is 5.02 Å². The lowest BCUT2D eigenvalue weighted by molar-refractivity contribution is -0.124. The second-order valence-corrected chi connectivity index (χ2v) is 6.53. The lowest BCUT2D eigenvalue weighted by atomic mass is 10.2. The van der Waals surface area contributed by atoms with Crippen molar-refractivity contribution in [3.05, 3.63) is 34.9 Å². The molecular formula is C15H16ClN3OS. The summed E-state index contributed by atoms with van der Waals surface area (Å²) in [4.78, 5) is 13.7. The maximum Gasteiger partial charge on any atom is 0.239 e. The van der Waals surface area contributed by atoms with Crippen LogP contribution in [-0.4, -0.2) is 27.4 Å². The first kappa shape index (κ1) is 14.6. The third-order valence-electron chi connectivity index (χ3n) is 3.57. The molecule has 0 bridgehead atoms. The van der Waals surface area contributed by atoms with E-state index in [1.54, 1.807) is 4.90 Å². The van der Waals surface area contributed by atoms with E-state index in [1.165, 1.54) is 24.6 Å². The van der Waals surface area contributed by atoms with Gasteiger partial charge in [0.25, 0.3) is 0 Å². The summed E-state index contributed by atoms with van der Waals surface area (Å²) in [5.74, 6) is 0.525. The molecule has 110 valence electrons. The third-order valence-corrected chi connectivity index (χ3v) is 4.77. The first-order valence-corrected chi connectivity index (χ1v) is 8.40. The molecule has 0 radical (unpaired) electrons. The Hall–Kier alpha value is -1.33. The van der Waals surface area contributed by atoms with Gasteiger partial charge in [0.05, 0.1) is 12.3 Å². The highest BCUT2D eigenvalue weighted by molar-refractivity contribution is 8.15. The van der Waals surface area contributed by atoms with Crippen LogP contribution in [0.4, 0.5) is 0 Å². The van der Waals surface area contributed by atoms with Crippen molar-refractivity contribution in [2.24, 2.45) is 10.2 Å². The molecule has 0 atom stereocenters. The Labute approximate surface area is 133 Å². The standard InChI is InChI=1S/C15H16ClN3OS/c16-12-7-5-11(6-8-12)9-19-14(20)10-21-15(19)18-17-13-3-1-2-4-13/h5-8H,1-4,9-10H2/b18-15-. The minimum Gasteiger partial charge on any atom is -0.285 e. The SMILES string of the molecule is O=C1CS/C(=N\N=C2CCCC2)N1Cc1ccc(Cl)cc1. The van der Waals surface area contributed by atoms with Gasteiger partial charge in [0, 0.05) is 10.7 Å². The number of rotatable bonds is 3. The number of nitrogens with zero attached hydrogens (tertiary/aromatic N) is 3. The summed E-state index contributed by atoms with van der Waals surface area (Å²) < 4.78 is 0. The monoisotopic (exact) mass is 321 g/mol. The third kappa shape index (κ3) is 3.66. The van der Waals surface area contributed by atoms with E-state index < -0.39 is 0 Å². The lowest BCUT2D eigenvalue weighted by Gasteiger charge is -2.15. The Kier molecular flexibility index (Phi) is 4.60. The molecule has 0 N–H and O–H groups in total. The van der Waals surface area contributed by atoms with Crippen molar-refractivity contribution < 1.29 is 4.79 Å². The quantitative estimate of drug-likeness (QED) is 0.797. The summed E-state index contributed by atoms with van der Waals surface area (Å²) in [6.07, 6.45) is 4.47. The fourth-order valence-electron chi connectivity index (χ4n) is 2.40. The number of amides is 1. The van der Waals surface area contributed by atoms with E-state index in [2.05, 4.69) is 10.2 Å². The molecule has 2 aliphatic rings. The lowest BCUT2D eigenvalue weighted by Crippen LogP contribution is -2.28. The van der Waals surface area contributed by atoms with Gasteiger partial charge >= 0.3 is 0 Å². The van der Waals surface area contributed by atoms with E-state index in [0.717, 1.165) is 24.1 Å². The molecule has 0 unspecified atom stereocenters. The molecule has 1 aliphatic heterocycles. The Balaban J connectivity index is 1.74. The maximum atomic E-state index is 12.0. The average Bonchev–Trinajstić information content (AvgIpc) is 3.11. The Bertz CT molecular complexity index is 589. The number of hydrogen-bond donors (Lipinski definition) is 0. The number of benzene rings is 1. The number of thioether (sulfide) groups is 1. The highest BCUT2D eigenvalue weighted by Gasteiger charge is 2.28. The maximum absolute atomic E-state index is 12.0. The van der Waals surface area contributed by atoms with Gasteiger partial charge < -0.3 is 0 Å². The topological polar surface area (TPSA) is 45.0 Å². The zero-order chi connectivity index (χ0) is 14.7. The molecule has 3 rings (SSSR count). The van der Waals surface area contributed by atoms with Crippen LogP contribution in [0.5, 0.6) is 0 Å². The van der Waals surface area contributed by atoms with Crippen molar-refractivity contribution in [2.75, 3.05) is 5.75 Å². The van der Waals surface area contributed by atoms with Crippen molar-refractivity contribution in [1.29, 1.82) is 0 Å². The second kappa shape index (κ2) is 6.62. The van der Waals surface area contributed by atoms with Gasteiger partial charge in [0.1, 0.15) is 0 Å². The molecule has 2 fully saturated rings. The number of amidine groups is 1. The fraction of sp³-hybridized carbons (Fsp3) is 0.400. The van der Waals surface area contributed by atoms with E-state index in [4.69, 9.17) is 11.6 Å². The zero-order valence-corrected chi connectivity index (χ0v) is 13.2. The van der Waals surface area contributed by atoms with E-state index >= 15 is 0 Å². The van der Waals surface area contributed by atoms with Crippen LogP contribution in [0.15, 0.2) is 34.5 Å². The first-order chi connectivity index (χ1) is 10.2. The number of halogens is 1. The van der Waals surface area contributed by atoms with Crippen LogP contribution in [0.25, 0.3) is 0 Å². The Morgan fingerprint density at radius 3 is 2.57 bits per heavy atom. The van der Waals surface area contributed by atoms with Crippen molar-refractivity contribution in [3.63, 3.8) is 0 Å². The summed E-state index contributed by atoms with van der Waals surface area (Å²) in [7, 11) is 0. The minimum atomic E-state index is 0.0836. The summed E-state index contributed by atoms with van der Waals surface area (Å²) >= 11 is 7.34. The Morgan fingerprint density at radius 2 is 1.86 bits per heavy atom. The normalized spacial score (nSPS) is 20.6. The van der Waals surface area contributed by atoms with Crippen LogP contribution in [0.1, 0.15) is 31.2 Å². The summed E-state index contributed by atoms with van der Waals surface area (Å²) in [6.45, 7) is 0.521. The van der Waals surface area contributed by atoms with Crippen LogP contribution < -0.4 is 0 Å². The molecule has 1 saturated heterocycles. The van der Waals surface area contributed by atoms with Gasteiger partial charge in [-0.3, -0.25) is 9.69 Å².